The van der Waals surface area contributed by atoms with Gasteiger partial charge in [0.1, 0.15) is 11.5 Å². The number of pyridine rings is 1. The van der Waals surface area contributed by atoms with Gasteiger partial charge in [-0.1, -0.05) is 25.4 Å². The summed E-state index contributed by atoms with van der Waals surface area (Å²) in [5.74, 6) is 2.39. The number of methoxy groups -OCH3 is 1. The van der Waals surface area contributed by atoms with Crippen LogP contribution in [0.2, 0.25) is 5.02 Å². The molecule has 2 aromatic carbocycles. The van der Waals surface area contributed by atoms with Gasteiger partial charge < -0.3 is 34.5 Å². The highest BCUT2D eigenvalue weighted by Gasteiger charge is 2.43. The van der Waals surface area contributed by atoms with Crippen molar-refractivity contribution in [3.63, 3.8) is 0 Å². The lowest BCUT2D eigenvalue weighted by molar-refractivity contribution is -0.105. The van der Waals surface area contributed by atoms with Gasteiger partial charge in [0.05, 0.1) is 43.2 Å². The van der Waals surface area contributed by atoms with E-state index in [2.05, 4.69) is 20.5 Å². The highest BCUT2D eigenvalue weighted by molar-refractivity contribution is 6.33. The van der Waals surface area contributed by atoms with Gasteiger partial charge in [-0.2, -0.15) is 0 Å². The molecule has 41 heavy (non-hydrogen) atoms. The largest absolute Gasteiger partial charge is 0.493 e. The van der Waals surface area contributed by atoms with E-state index in [0.29, 0.717) is 45.7 Å². The first-order chi connectivity index (χ1) is 19.8. The van der Waals surface area contributed by atoms with Crippen molar-refractivity contribution < 1.29 is 23.7 Å². The molecular formula is C31H41ClN4O5. The number of nitrogens with one attached hydrogen (secondary N) is 2. The van der Waals surface area contributed by atoms with Gasteiger partial charge in [0, 0.05) is 48.3 Å². The Labute approximate surface area is 247 Å². The van der Waals surface area contributed by atoms with E-state index in [1.807, 2.05) is 39.8 Å². The van der Waals surface area contributed by atoms with Crippen molar-refractivity contribution >= 4 is 34.2 Å². The van der Waals surface area contributed by atoms with Gasteiger partial charge in [-0.05, 0) is 57.5 Å². The van der Waals surface area contributed by atoms with E-state index in [1.54, 1.807) is 37.6 Å². The molecule has 2 aliphatic rings. The number of amides is 2. The molecule has 5 rings (SSSR count). The van der Waals surface area contributed by atoms with Crippen LogP contribution in [0.5, 0.6) is 23.0 Å². The van der Waals surface area contributed by atoms with Crippen molar-refractivity contribution in [2.24, 2.45) is 5.41 Å². The molecule has 1 aromatic heterocycles. The Balaban J connectivity index is 0.00000189. The standard InChI is InChI=1S/C29H35ClN4O5.C2H6/c1-19(2)32-28(35)33-23-6-5-20(13-22(23)30)39-25-7-9-31-24-15-27(26(36-3)14-21(24)25)38-12-4-10-34-11-8-29(16-34)17-37-18-29;1-2/h5-7,9,13-15,19H,4,8,10-12,16-18H2,1-3H3,(H2,32,33,35);1-2H3. The lowest BCUT2D eigenvalue weighted by Gasteiger charge is -2.37. The zero-order chi connectivity index (χ0) is 29.4. The van der Waals surface area contributed by atoms with E-state index in [9.17, 15) is 4.79 Å². The molecule has 0 radical (unpaired) electrons. The topological polar surface area (TPSA) is 94.2 Å². The molecule has 2 fully saturated rings. The van der Waals surface area contributed by atoms with Crippen LogP contribution in [-0.2, 0) is 4.74 Å². The summed E-state index contributed by atoms with van der Waals surface area (Å²) in [4.78, 5) is 19.0. The highest BCUT2D eigenvalue weighted by Crippen LogP contribution is 2.39. The number of benzene rings is 2. The van der Waals surface area contributed by atoms with Crippen LogP contribution in [0.25, 0.3) is 10.9 Å². The number of likely N-dealkylation sites (tertiary alicyclic amines) is 1. The number of carbonyl (C=O) groups is 1. The number of anilines is 1. The molecule has 9 nitrogen and oxygen atoms in total. The summed E-state index contributed by atoms with van der Waals surface area (Å²) in [7, 11) is 1.62. The summed E-state index contributed by atoms with van der Waals surface area (Å²) < 4.78 is 23.3. The number of rotatable bonds is 10. The molecule has 3 heterocycles. The molecule has 222 valence electrons. The number of carbonyl (C=O) groups excluding carboxylic acids is 1. The van der Waals surface area contributed by atoms with Crippen LogP contribution in [0.15, 0.2) is 42.6 Å². The van der Waals surface area contributed by atoms with Crippen molar-refractivity contribution in [3.05, 3.63) is 47.6 Å². The monoisotopic (exact) mass is 584 g/mol. The minimum Gasteiger partial charge on any atom is -0.493 e. The van der Waals surface area contributed by atoms with E-state index in [4.69, 9.17) is 30.5 Å². The van der Waals surface area contributed by atoms with Crippen molar-refractivity contribution in [1.29, 1.82) is 0 Å². The number of hydrogen-bond donors (Lipinski definition) is 2. The fraction of sp³-hybridized carbons (Fsp3) is 0.484. The zero-order valence-corrected chi connectivity index (χ0v) is 25.3. The first kappa shape index (κ1) is 30.7. The second-order valence-electron chi connectivity index (χ2n) is 10.5. The fourth-order valence-electron chi connectivity index (χ4n) is 5.01. The van der Waals surface area contributed by atoms with Crippen molar-refractivity contribution in [3.8, 4) is 23.0 Å². The number of urea groups is 1. The maximum atomic E-state index is 12.0. The van der Waals surface area contributed by atoms with E-state index < -0.39 is 0 Å². The minimum atomic E-state index is -0.320. The van der Waals surface area contributed by atoms with Crippen molar-refractivity contribution in [1.82, 2.24) is 15.2 Å². The molecule has 2 aliphatic heterocycles. The van der Waals surface area contributed by atoms with Crippen LogP contribution in [0.1, 0.15) is 40.5 Å². The summed E-state index contributed by atoms with van der Waals surface area (Å²) in [6, 6.07) is 10.3. The molecule has 0 unspecified atom stereocenters. The maximum Gasteiger partial charge on any atom is 0.319 e. The Morgan fingerprint density at radius 1 is 1.15 bits per heavy atom. The van der Waals surface area contributed by atoms with Gasteiger partial charge in [0.15, 0.2) is 11.5 Å². The summed E-state index contributed by atoms with van der Waals surface area (Å²) in [6.07, 6.45) is 3.85. The van der Waals surface area contributed by atoms with E-state index in [0.717, 1.165) is 50.2 Å². The average Bonchev–Trinajstić information content (AvgIpc) is 3.39. The molecular weight excluding hydrogens is 544 g/mol. The summed E-state index contributed by atoms with van der Waals surface area (Å²) in [5.41, 5.74) is 1.62. The number of hydrogen-bond acceptors (Lipinski definition) is 7. The second kappa shape index (κ2) is 14.1. The van der Waals surface area contributed by atoms with Crippen LogP contribution in [0.3, 0.4) is 0 Å². The van der Waals surface area contributed by atoms with Gasteiger partial charge in [0.25, 0.3) is 0 Å². The lowest BCUT2D eigenvalue weighted by atomic mass is 9.85. The molecule has 2 saturated heterocycles. The van der Waals surface area contributed by atoms with Crippen molar-refractivity contribution in [2.75, 3.05) is 51.9 Å². The van der Waals surface area contributed by atoms with Crippen LogP contribution in [0.4, 0.5) is 10.5 Å². The molecule has 0 aliphatic carbocycles. The predicted molar refractivity (Wildman–Crippen MR) is 163 cm³/mol. The highest BCUT2D eigenvalue weighted by atomic mass is 35.5. The number of nitrogens with zero attached hydrogens (tertiary/aromatic N) is 2. The Morgan fingerprint density at radius 2 is 1.95 bits per heavy atom. The first-order valence-corrected chi connectivity index (χ1v) is 14.7. The smallest absolute Gasteiger partial charge is 0.319 e. The van der Waals surface area contributed by atoms with Crippen molar-refractivity contribution in [2.45, 2.75) is 46.6 Å². The van der Waals surface area contributed by atoms with Crippen LogP contribution < -0.4 is 24.8 Å². The predicted octanol–water partition coefficient (Wildman–Crippen LogP) is 6.74. The summed E-state index contributed by atoms with van der Waals surface area (Å²) in [5, 5.41) is 6.66. The van der Waals surface area contributed by atoms with Gasteiger partial charge in [-0.25, -0.2) is 4.79 Å². The average molecular weight is 585 g/mol. The van der Waals surface area contributed by atoms with Crippen LogP contribution >= 0.6 is 11.6 Å². The third-order valence-corrected chi connectivity index (χ3v) is 7.35. The number of halogens is 1. The third kappa shape index (κ3) is 7.72. The molecule has 0 bridgehead atoms. The Kier molecular flexibility index (Phi) is 10.5. The molecule has 2 N–H and O–H groups in total. The Morgan fingerprint density at radius 3 is 2.61 bits per heavy atom. The molecule has 10 heteroatoms. The van der Waals surface area contributed by atoms with Crippen LogP contribution in [0, 0.1) is 5.41 Å². The van der Waals surface area contributed by atoms with Gasteiger partial charge in [0.2, 0.25) is 0 Å². The van der Waals surface area contributed by atoms with Crippen LogP contribution in [-0.4, -0.2) is 68.5 Å². The summed E-state index contributed by atoms with van der Waals surface area (Å²) >= 11 is 6.41. The lowest BCUT2D eigenvalue weighted by Crippen LogP contribution is -2.44. The molecule has 2 amide bonds. The number of fused-ring (bicyclic) bond motifs is 1. The molecule has 0 atom stereocenters. The number of aromatic nitrogens is 1. The maximum absolute atomic E-state index is 12.0. The molecule has 1 spiro atoms. The Bertz CT molecular complexity index is 1330. The van der Waals surface area contributed by atoms with E-state index >= 15 is 0 Å². The molecule has 3 aromatic rings. The SMILES string of the molecule is CC.COc1cc2c(Oc3ccc(NC(=O)NC(C)C)c(Cl)c3)ccnc2cc1OCCCN1CCC2(COC2)C1. The summed E-state index contributed by atoms with van der Waals surface area (Å²) in [6.45, 7) is 13.4. The van der Waals surface area contributed by atoms with E-state index in [-0.39, 0.29) is 12.1 Å². The minimum absolute atomic E-state index is 0.0136. The first-order valence-electron chi connectivity index (χ1n) is 14.3. The Hall–Kier alpha value is -3.27. The van der Waals surface area contributed by atoms with Gasteiger partial charge in [-0.15, -0.1) is 0 Å². The number of ether oxygens (including phenoxy) is 4. The third-order valence-electron chi connectivity index (χ3n) is 7.03. The van der Waals surface area contributed by atoms with Gasteiger partial charge in [-0.3, -0.25) is 4.98 Å². The van der Waals surface area contributed by atoms with E-state index in [1.165, 1.54) is 6.42 Å². The zero-order valence-electron chi connectivity index (χ0n) is 24.6. The molecule has 0 saturated carbocycles. The normalized spacial score (nSPS) is 15.7. The fourth-order valence-corrected chi connectivity index (χ4v) is 5.23. The van der Waals surface area contributed by atoms with Gasteiger partial charge >= 0.3 is 6.03 Å². The quantitative estimate of drug-likeness (QED) is 0.255. The second-order valence-corrected chi connectivity index (χ2v) is 11.0.